The molecule has 5 nitrogen and oxygen atoms in total. The highest BCUT2D eigenvalue weighted by atomic mass is 19.1. The van der Waals surface area contributed by atoms with Crippen molar-refractivity contribution in [2.24, 2.45) is 0 Å². The Morgan fingerprint density at radius 2 is 2.40 bits per heavy atom. The summed E-state index contributed by atoms with van der Waals surface area (Å²) in [6, 6.07) is 2.85. The summed E-state index contributed by atoms with van der Waals surface area (Å²) in [5, 5.41) is 9.11. The summed E-state index contributed by atoms with van der Waals surface area (Å²) in [6.07, 6.45) is 1.18. The normalized spacial score (nSPS) is 23.8. The number of rotatable bonds is 5. The largest absolute Gasteiger partial charge is 0.394 e. The standard InChI is InChI=1S/C14H19FN2O3/c1-10-9-20-12(8-18)7-17(10)5-4-14(19)13-3-2-11(15)6-16-13/h2-3,6,10,12,18H,4-5,7-9H2,1H3. The molecule has 1 aliphatic rings. The van der Waals surface area contributed by atoms with Gasteiger partial charge in [0.2, 0.25) is 0 Å². The van der Waals surface area contributed by atoms with Crippen LogP contribution in [0.3, 0.4) is 0 Å². The van der Waals surface area contributed by atoms with Crippen LogP contribution in [-0.4, -0.2) is 59.2 Å². The number of Topliss-reactive ketones (excluding diaryl/α,β-unsaturated/α-hetero) is 1. The highest BCUT2D eigenvalue weighted by molar-refractivity contribution is 5.94. The van der Waals surface area contributed by atoms with Crippen molar-refractivity contribution in [2.45, 2.75) is 25.5 Å². The van der Waals surface area contributed by atoms with Crippen LogP contribution in [0.4, 0.5) is 4.39 Å². The smallest absolute Gasteiger partial charge is 0.182 e. The Labute approximate surface area is 117 Å². The van der Waals surface area contributed by atoms with Crippen molar-refractivity contribution in [1.82, 2.24) is 9.88 Å². The maximum Gasteiger partial charge on any atom is 0.182 e. The summed E-state index contributed by atoms with van der Waals surface area (Å²) in [4.78, 5) is 17.9. The lowest BCUT2D eigenvalue weighted by Gasteiger charge is -2.37. The monoisotopic (exact) mass is 282 g/mol. The van der Waals surface area contributed by atoms with Crippen molar-refractivity contribution >= 4 is 5.78 Å². The number of aliphatic hydroxyl groups is 1. The van der Waals surface area contributed by atoms with E-state index in [1.807, 2.05) is 6.92 Å². The Balaban J connectivity index is 1.87. The lowest BCUT2D eigenvalue weighted by Crippen LogP contribution is -2.49. The molecule has 0 radical (unpaired) electrons. The third-order valence-electron chi connectivity index (χ3n) is 3.48. The van der Waals surface area contributed by atoms with Gasteiger partial charge in [0.1, 0.15) is 11.5 Å². The van der Waals surface area contributed by atoms with Gasteiger partial charge in [-0.25, -0.2) is 4.39 Å². The summed E-state index contributed by atoms with van der Waals surface area (Å²) in [6.45, 7) is 3.75. The topological polar surface area (TPSA) is 62.7 Å². The summed E-state index contributed by atoms with van der Waals surface area (Å²) < 4.78 is 18.2. The SMILES string of the molecule is CC1COC(CO)CN1CCC(=O)c1ccc(F)cn1. The van der Waals surface area contributed by atoms with Crippen molar-refractivity contribution < 1.29 is 19.0 Å². The van der Waals surface area contributed by atoms with Gasteiger partial charge in [0, 0.05) is 25.6 Å². The van der Waals surface area contributed by atoms with Crippen LogP contribution in [0.15, 0.2) is 18.3 Å². The Hall–Kier alpha value is -1.37. The maximum absolute atomic E-state index is 12.7. The number of ether oxygens (including phenoxy) is 1. The first-order chi connectivity index (χ1) is 9.60. The van der Waals surface area contributed by atoms with Gasteiger partial charge in [0.05, 0.1) is 25.5 Å². The van der Waals surface area contributed by atoms with Crippen LogP contribution in [0, 0.1) is 5.82 Å². The molecule has 1 aromatic heterocycles. The number of carbonyl (C=O) groups excluding carboxylic acids is 1. The molecule has 0 saturated carbocycles. The van der Waals surface area contributed by atoms with E-state index in [9.17, 15) is 9.18 Å². The summed E-state index contributed by atoms with van der Waals surface area (Å²) in [5.41, 5.74) is 0.283. The number of hydrogen-bond donors (Lipinski definition) is 1. The van der Waals surface area contributed by atoms with Crippen molar-refractivity contribution in [3.8, 4) is 0 Å². The van der Waals surface area contributed by atoms with E-state index >= 15 is 0 Å². The Morgan fingerprint density at radius 3 is 3.05 bits per heavy atom. The molecule has 2 heterocycles. The molecule has 0 spiro atoms. The number of halogens is 1. The second kappa shape index (κ2) is 6.88. The predicted molar refractivity (Wildman–Crippen MR) is 71.0 cm³/mol. The van der Waals surface area contributed by atoms with Gasteiger partial charge in [-0.3, -0.25) is 14.7 Å². The zero-order valence-corrected chi connectivity index (χ0v) is 11.5. The van der Waals surface area contributed by atoms with Gasteiger partial charge in [-0.1, -0.05) is 0 Å². The molecule has 1 fully saturated rings. The van der Waals surface area contributed by atoms with E-state index in [-0.39, 0.29) is 30.2 Å². The predicted octanol–water partition coefficient (Wildman–Crippen LogP) is 0.875. The fraction of sp³-hybridized carbons (Fsp3) is 0.571. The molecule has 0 aliphatic carbocycles. The molecule has 2 unspecified atom stereocenters. The number of aromatic nitrogens is 1. The van der Waals surface area contributed by atoms with Gasteiger partial charge in [-0.05, 0) is 19.1 Å². The highest BCUT2D eigenvalue weighted by Gasteiger charge is 2.25. The third kappa shape index (κ3) is 3.82. The van der Waals surface area contributed by atoms with Crippen LogP contribution >= 0.6 is 0 Å². The molecule has 0 aromatic carbocycles. The van der Waals surface area contributed by atoms with Crippen LogP contribution in [0.2, 0.25) is 0 Å². The molecule has 1 saturated heterocycles. The zero-order chi connectivity index (χ0) is 14.5. The Morgan fingerprint density at radius 1 is 1.60 bits per heavy atom. The van der Waals surface area contributed by atoms with E-state index in [0.29, 0.717) is 26.1 Å². The second-order valence-electron chi connectivity index (χ2n) is 5.02. The highest BCUT2D eigenvalue weighted by Crippen LogP contribution is 2.12. The lowest BCUT2D eigenvalue weighted by atomic mass is 10.1. The number of ketones is 1. The van der Waals surface area contributed by atoms with E-state index in [0.717, 1.165) is 6.20 Å². The minimum absolute atomic E-state index is 0.0172. The molecule has 0 bridgehead atoms. The number of hydrogen-bond acceptors (Lipinski definition) is 5. The average molecular weight is 282 g/mol. The molecule has 1 aromatic rings. The summed E-state index contributed by atoms with van der Waals surface area (Å²) in [5.74, 6) is -0.557. The number of morpholine rings is 1. The third-order valence-corrected chi connectivity index (χ3v) is 3.48. The number of pyridine rings is 1. The molecular weight excluding hydrogens is 263 g/mol. The summed E-state index contributed by atoms with van der Waals surface area (Å²) >= 11 is 0. The van der Waals surface area contributed by atoms with E-state index < -0.39 is 5.82 Å². The van der Waals surface area contributed by atoms with Crippen LogP contribution in [-0.2, 0) is 4.74 Å². The van der Waals surface area contributed by atoms with Gasteiger partial charge < -0.3 is 9.84 Å². The molecule has 0 amide bonds. The first kappa shape index (κ1) is 15.0. The second-order valence-corrected chi connectivity index (χ2v) is 5.02. The minimum atomic E-state index is -0.450. The van der Waals surface area contributed by atoms with Crippen molar-refractivity contribution in [1.29, 1.82) is 0 Å². The van der Waals surface area contributed by atoms with Gasteiger partial charge in [-0.15, -0.1) is 0 Å². The van der Waals surface area contributed by atoms with Crippen molar-refractivity contribution in [3.05, 3.63) is 29.8 Å². The van der Waals surface area contributed by atoms with Gasteiger partial charge in [0.25, 0.3) is 0 Å². The van der Waals surface area contributed by atoms with E-state index in [2.05, 4.69) is 9.88 Å². The number of carbonyl (C=O) groups is 1. The van der Waals surface area contributed by atoms with Crippen molar-refractivity contribution in [3.63, 3.8) is 0 Å². The van der Waals surface area contributed by atoms with Gasteiger partial charge in [-0.2, -0.15) is 0 Å². The molecule has 110 valence electrons. The Bertz CT molecular complexity index is 452. The van der Waals surface area contributed by atoms with Gasteiger partial charge in [0.15, 0.2) is 5.78 Å². The van der Waals surface area contributed by atoms with Crippen LogP contribution in [0.5, 0.6) is 0 Å². The first-order valence-electron chi connectivity index (χ1n) is 6.71. The molecule has 6 heteroatoms. The van der Waals surface area contributed by atoms with Crippen LogP contribution in [0.25, 0.3) is 0 Å². The van der Waals surface area contributed by atoms with E-state index in [1.165, 1.54) is 12.1 Å². The fourth-order valence-corrected chi connectivity index (χ4v) is 2.21. The van der Waals surface area contributed by atoms with Gasteiger partial charge >= 0.3 is 0 Å². The number of nitrogens with zero attached hydrogens (tertiary/aromatic N) is 2. The number of aliphatic hydroxyl groups excluding tert-OH is 1. The van der Waals surface area contributed by atoms with E-state index in [1.54, 1.807) is 0 Å². The molecule has 20 heavy (non-hydrogen) atoms. The minimum Gasteiger partial charge on any atom is -0.394 e. The molecule has 1 aliphatic heterocycles. The molecular formula is C14H19FN2O3. The lowest BCUT2D eigenvalue weighted by molar-refractivity contribution is -0.0772. The first-order valence-corrected chi connectivity index (χ1v) is 6.71. The fourth-order valence-electron chi connectivity index (χ4n) is 2.21. The van der Waals surface area contributed by atoms with Crippen LogP contribution < -0.4 is 0 Å². The average Bonchev–Trinajstić information content (AvgIpc) is 2.47. The quantitative estimate of drug-likeness (QED) is 0.812. The zero-order valence-electron chi connectivity index (χ0n) is 11.5. The molecule has 1 N–H and O–H groups in total. The summed E-state index contributed by atoms with van der Waals surface area (Å²) in [7, 11) is 0. The molecule has 2 atom stereocenters. The van der Waals surface area contributed by atoms with E-state index in [4.69, 9.17) is 9.84 Å². The maximum atomic E-state index is 12.7. The van der Waals surface area contributed by atoms with Crippen molar-refractivity contribution in [2.75, 3.05) is 26.3 Å². The molecule has 2 rings (SSSR count). The Kier molecular flexibility index (Phi) is 5.17. The van der Waals surface area contributed by atoms with Crippen LogP contribution in [0.1, 0.15) is 23.8 Å².